The smallest absolute Gasteiger partial charge is 0.260 e. The molecule has 0 bridgehead atoms. The summed E-state index contributed by atoms with van der Waals surface area (Å²) < 4.78 is 4.74. The molecule has 1 heterocycles. The second kappa shape index (κ2) is 4.41. The Hall–Kier alpha value is -2.10. The van der Waals surface area contributed by atoms with Gasteiger partial charge < -0.3 is 9.84 Å². The van der Waals surface area contributed by atoms with E-state index in [9.17, 15) is 4.79 Å². The Labute approximate surface area is 99.6 Å². The zero-order valence-electron chi connectivity index (χ0n) is 10.1. The van der Waals surface area contributed by atoms with E-state index >= 15 is 0 Å². The first-order chi connectivity index (χ1) is 8.08. The lowest BCUT2D eigenvalue weighted by Gasteiger charge is -2.08. The molecule has 0 saturated carbocycles. The number of benzene rings is 1. The molecule has 0 aliphatic carbocycles. The summed E-state index contributed by atoms with van der Waals surface area (Å²) in [6.07, 6.45) is 1.36. The quantitative estimate of drug-likeness (QED) is 0.863. The lowest BCUT2D eigenvalue weighted by Crippen LogP contribution is -2.13. The molecule has 1 aromatic heterocycles. The summed E-state index contributed by atoms with van der Waals surface area (Å²) in [5.41, 5.74) is 4.06. The van der Waals surface area contributed by atoms with Gasteiger partial charge in [0, 0.05) is 5.69 Å². The normalized spacial score (nSPS) is 10.3. The molecule has 2 aromatic rings. The number of nitrogens with zero attached hydrogens (tertiary/aromatic N) is 1. The molecule has 88 valence electrons. The first kappa shape index (κ1) is 11.4. The Balaban J connectivity index is 2.22. The van der Waals surface area contributed by atoms with Gasteiger partial charge in [-0.15, -0.1) is 0 Å². The average molecular weight is 230 g/mol. The highest BCUT2D eigenvalue weighted by Crippen LogP contribution is 2.17. The van der Waals surface area contributed by atoms with Crippen LogP contribution in [0.4, 0.5) is 5.69 Å². The van der Waals surface area contributed by atoms with Crippen molar-refractivity contribution in [3.63, 3.8) is 0 Å². The van der Waals surface area contributed by atoms with Crippen LogP contribution in [0, 0.1) is 20.8 Å². The lowest BCUT2D eigenvalue weighted by atomic mass is 10.1. The van der Waals surface area contributed by atoms with E-state index in [-0.39, 0.29) is 5.91 Å². The number of anilines is 1. The summed E-state index contributed by atoms with van der Waals surface area (Å²) in [5.74, 6) is -0.198. The minimum Gasteiger partial charge on any atom is -0.364 e. The van der Waals surface area contributed by atoms with E-state index in [2.05, 4.69) is 10.5 Å². The van der Waals surface area contributed by atoms with Gasteiger partial charge in [-0.1, -0.05) is 22.9 Å². The van der Waals surface area contributed by atoms with Crippen LogP contribution in [-0.2, 0) is 0 Å². The molecule has 1 aromatic carbocycles. The molecule has 0 atom stereocenters. The van der Waals surface area contributed by atoms with E-state index in [1.165, 1.54) is 11.8 Å². The van der Waals surface area contributed by atoms with Crippen LogP contribution in [0.5, 0.6) is 0 Å². The molecule has 4 heteroatoms. The zero-order valence-corrected chi connectivity index (χ0v) is 10.1. The van der Waals surface area contributed by atoms with Crippen LogP contribution in [0.3, 0.4) is 0 Å². The molecule has 0 radical (unpaired) electrons. The summed E-state index contributed by atoms with van der Waals surface area (Å²) in [4.78, 5) is 11.9. The maximum Gasteiger partial charge on any atom is 0.260 e. The SMILES string of the molecule is Cc1ccc(NC(=O)c2conc2C)c(C)c1. The van der Waals surface area contributed by atoms with E-state index < -0.39 is 0 Å². The summed E-state index contributed by atoms with van der Waals surface area (Å²) in [5, 5.41) is 6.52. The second-order valence-electron chi connectivity index (χ2n) is 4.09. The summed E-state index contributed by atoms with van der Waals surface area (Å²) in [6.45, 7) is 5.71. The third-order valence-electron chi connectivity index (χ3n) is 2.62. The Morgan fingerprint density at radius 1 is 1.29 bits per heavy atom. The van der Waals surface area contributed by atoms with Gasteiger partial charge in [-0.2, -0.15) is 0 Å². The molecule has 1 amide bonds. The molecule has 0 spiro atoms. The number of amides is 1. The Bertz CT molecular complexity index is 558. The number of carbonyl (C=O) groups excluding carboxylic acids is 1. The topological polar surface area (TPSA) is 55.1 Å². The molecule has 0 aliphatic heterocycles. The van der Waals surface area contributed by atoms with Gasteiger partial charge in [0.1, 0.15) is 11.8 Å². The molecule has 2 rings (SSSR count). The predicted octanol–water partition coefficient (Wildman–Crippen LogP) is 2.85. The van der Waals surface area contributed by atoms with Crippen molar-refractivity contribution in [2.45, 2.75) is 20.8 Å². The second-order valence-corrected chi connectivity index (χ2v) is 4.09. The maximum atomic E-state index is 11.9. The van der Waals surface area contributed by atoms with Crippen LogP contribution >= 0.6 is 0 Å². The highest BCUT2D eigenvalue weighted by Gasteiger charge is 2.13. The molecule has 1 N–H and O–H groups in total. The Kier molecular flexibility index (Phi) is 2.95. The van der Waals surface area contributed by atoms with Crippen molar-refractivity contribution in [3.8, 4) is 0 Å². The average Bonchev–Trinajstić information content (AvgIpc) is 2.68. The molecule has 0 saturated heterocycles. The molecule has 0 unspecified atom stereocenters. The van der Waals surface area contributed by atoms with Crippen LogP contribution in [0.25, 0.3) is 0 Å². The number of aryl methyl sites for hydroxylation is 3. The predicted molar refractivity (Wildman–Crippen MR) is 65.1 cm³/mol. The maximum absolute atomic E-state index is 11.9. The first-order valence-corrected chi connectivity index (χ1v) is 5.37. The molecule has 0 fully saturated rings. The van der Waals surface area contributed by atoms with Gasteiger partial charge in [-0.3, -0.25) is 4.79 Å². The molecular formula is C13H14N2O2. The van der Waals surface area contributed by atoms with Crippen LogP contribution in [-0.4, -0.2) is 11.1 Å². The Morgan fingerprint density at radius 3 is 2.65 bits per heavy atom. The van der Waals surface area contributed by atoms with Crippen LogP contribution in [0.2, 0.25) is 0 Å². The van der Waals surface area contributed by atoms with Gasteiger partial charge in [0.05, 0.1) is 5.69 Å². The summed E-state index contributed by atoms with van der Waals surface area (Å²) >= 11 is 0. The number of aromatic nitrogens is 1. The van der Waals surface area contributed by atoms with Gasteiger partial charge in [0.25, 0.3) is 5.91 Å². The van der Waals surface area contributed by atoms with Crippen molar-refractivity contribution in [1.82, 2.24) is 5.16 Å². The van der Waals surface area contributed by atoms with Crippen LogP contribution in [0.15, 0.2) is 29.0 Å². The number of nitrogens with one attached hydrogen (secondary N) is 1. The number of hydrogen-bond donors (Lipinski definition) is 1. The zero-order chi connectivity index (χ0) is 12.4. The van der Waals surface area contributed by atoms with Crippen molar-refractivity contribution in [2.75, 3.05) is 5.32 Å². The van der Waals surface area contributed by atoms with E-state index in [1.807, 2.05) is 32.0 Å². The Morgan fingerprint density at radius 2 is 2.06 bits per heavy atom. The highest BCUT2D eigenvalue weighted by atomic mass is 16.5. The van der Waals surface area contributed by atoms with Crippen molar-refractivity contribution >= 4 is 11.6 Å². The van der Waals surface area contributed by atoms with Crippen LogP contribution < -0.4 is 5.32 Å². The fourth-order valence-electron chi connectivity index (χ4n) is 1.65. The van der Waals surface area contributed by atoms with Crippen molar-refractivity contribution in [1.29, 1.82) is 0 Å². The van der Waals surface area contributed by atoms with Gasteiger partial charge in [0.2, 0.25) is 0 Å². The third-order valence-corrected chi connectivity index (χ3v) is 2.62. The fraction of sp³-hybridized carbons (Fsp3) is 0.231. The fourth-order valence-corrected chi connectivity index (χ4v) is 1.65. The minimum absolute atomic E-state index is 0.198. The highest BCUT2D eigenvalue weighted by molar-refractivity contribution is 6.05. The number of hydrogen-bond acceptors (Lipinski definition) is 3. The van der Waals surface area contributed by atoms with Gasteiger partial charge in [0.15, 0.2) is 0 Å². The van der Waals surface area contributed by atoms with Crippen molar-refractivity contribution in [3.05, 3.63) is 46.8 Å². The largest absolute Gasteiger partial charge is 0.364 e. The van der Waals surface area contributed by atoms with E-state index in [4.69, 9.17) is 4.52 Å². The van der Waals surface area contributed by atoms with Gasteiger partial charge >= 0.3 is 0 Å². The van der Waals surface area contributed by atoms with Crippen molar-refractivity contribution in [2.24, 2.45) is 0 Å². The third kappa shape index (κ3) is 2.36. The first-order valence-electron chi connectivity index (χ1n) is 5.37. The lowest BCUT2D eigenvalue weighted by molar-refractivity contribution is 0.102. The summed E-state index contributed by atoms with van der Waals surface area (Å²) in [6, 6.07) is 5.88. The summed E-state index contributed by atoms with van der Waals surface area (Å²) in [7, 11) is 0. The molecule has 4 nitrogen and oxygen atoms in total. The minimum atomic E-state index is -0.198. The van der Waals surface area contributed by atoms with E-state index in [0.29, 0.717) is 11.3 Å². The monoisotopic (exact) mass is 230 g/mol. The van der Waals surface area contributed by atoms with Gasteiger partial charge in [-0.05, 0) is 32.4 Å². The van der Waals surface area contributed by atoms with Crippen LogP contribution in [0.1, 0.15) is 27.2 Å². The molecule has 17 heavy (non-hydrogen) atoms. The van der Waals surface area contributed by atoms with Gasteiger partial charge in [-0.25, -0.2) is 0 Å². The van der Waals surface area contributed by atoms with E-state index in [1.54, 1.807) is 6.92 Å². The van der Waals surface area contributed by atoms with E-state index in [0.717, 1.165) is 11.3 Å². The van der Waals surface area contributed by atoms with Crippen molar-refractivity contribution < 1.29 is 9.32 Å². The number of rotatable bonds is 2. The molecular weight excluding hydrogens is 216 g/mol. The molecule has 0 aliphatic rings. The number of carbonyl (C=O) groups is 1. The standard InChI is InChI=1S/C13H14N2O2/c1-8-4-5-12(9(2)6-8)14-13(16)11-7-17-15-10(11)3/h4-7H,1-3H3,(H,14,16).